The van der Waals surface area contributed by atoms with Crippen LogP contribution in [0.15, 0.2) is 18.2 Å². The number of nitrogens with one attached hydrogen (secondary N) is 1. The van der Waals surface area contributed by atoms with E-state index in [2.05, 4.69) is 5.32 Å². The van der Waals surface area contributed by atoms with Gasteiger partial charge in [-0.15, -0.1) is 0 Å². The predicted molar refractivity (Wildman–Crippen MR) is 56.3 cm³/mol. The summed E-state index contributed by atoms with van der Waals surface area (Å²) in [5, 5.41) is 2.58. The fourth-order valence-electron chi connectivity index (χ4n) is 1.12. The van der Waals surface area contributed by atoms with Gasteiger partial charge in [-0.1, -0.05) is 6.07 Å². The number of rotatable bonds is 4. The van der Waals surface area contributed by atoms with E-state index in [-0.39, 0.29) is 18.3 Å². The largest absolute Gasteiger partial charge is 0.372 e. The smallest absolute Gasteiger partial charge is 0.250 e. The van der Waals surface area contributed by atoms with Gasteiger partial charge in [0.2, 0.25) is 5.91 Å². The van der Waals surface area contributed by atoms with Crippen LogP contribution in [0.3, 0.4) is 0 Å². The van der Waals surface area contributed by atoms with Crippen LogP contribution in [0.4, 0.5) is 10.1 Å². The van der Waals surface area contributed by atoms with Gasteiger partial charge in [0.25, 0.3) is 0 Å². The van der Waals surface area contributed by atoms with Crippen LogP contribution in [-0.2, 0) is 9.53 Å². The molecule has 3 nitrogen and oxygen atoms in total. The van der Waals surface area contributed by atoms with E-state index in [0.717, 1.165) is 0 Å². The SMILES string of the molecule is CCOCC(=O)Nc1cccc(F)c1C. The van der Waals surface area contributed by atoms with Gasteiger partial charge >= 0.3 is 0 Å². The van der Waals surface area contributed by atoms with Crippen molar-refractivity contribution in [3.8, 4) is 0 Å². The Hall–Kier alpha value is -1.42. The van der Waals surface area contributed by atoms with Crippen molar-refractivity contribution in [2.75, 3.05) is 18.5 Å². The van der Waals surface area contributed by atoms with Crippen LogP contribution in [0.25, 0.3) is 0 Å². The van der Waals surface area contributed by atoms with Gasteiger partial charge in [0.1, 0.15) is 12.4 Å². The van der Waals surface area contributed by atoms with Gasteiger partial charge in [-0.25, -0.2) is 4.39 Å². The summed E-state index contributed by atoms with van der Waals surface area (Å²) in [5.74, 6) is -0.602. The standard InChI is InChI=1S/C11H14FNO2/c1-3-15-7-11(14)13-10-6-4-5-9(12)8(10)2/h4-6H,3,7H2,1-2H3,(H,13,14). The number of hydrogen-bond acceptors (Lipinski definition) is 2. The maximum Gasteiger partial charge on any atom is 0.250 e. The summed E-state index contributed by atoms with van der Waals surface area (Å²) in [5.41, 5.74) is 0.919. The summed E-state index contributed by atoms with van der Waals surface area (Å²) < 4.78 is 18.0. The fraction of sp³-hybridized carbons (Fsp3) is 0.364. The third-order valence-electron chi connectivity index (χ3n) is 1.98. The van der Waals surface area contributed by atoms with E-state index in [0.29, 0.717) is 17.9 Å². The van der Waals surface area contributed by atoms with Crippen molar-refractivity contribution in [1.82, 2.24) is 0 Å². The van der Waals surface area contributed by atoms with Crippen molar-refractivity contribution in [3.05, 3.63) is 29.6 Å². The van der Waals surface area contributed by atoms with Gasteiger partial charge in [0.15, 0.2) is 0 Å². The molecule has 0 aromatic heterocycles. The summed E-state index contributed by atoms with van der Waals surface area (Å²) in [4.78, 5) is 11.3. The third kappa shape index (κ3) is 3.32. The van der Waals surface area contributed by atoms with Gasteiger partial charge in [-0.05, 0) is 26.0 Å². The van der Waals surface area contributed by atoms with E-state index in [4.69, 9.17) is 4.74 Å². The second-order valence-electron chi connectivity index (χ2n) is 3.10. The summed E-state index contributed by atoms with van der Waals surface area (Å²) in [6.45, 7) is 3.90. The first kappa shape index (κ1) is 11.7. The van der Waals surface area contributed by atoms with Crippen molar-refractivity contribution >= 4 is 11.6 Å². The molecular formula is C11H14FNO2. The van der Waals surface area contributed by atoms with Gasteiger partial charge in [0.05, 0.1) is 0 Å². The van der Waals surface area contributed by atoms with Crippen LogP contribution in [0.5, 0.6) is 0 Å². The number of halogens is 1. The molecule has 0 saturated heterocycles. The highest BCUT2D eigenvalue weighted by Crippen LogP contribution is 2.16. The van der Waals surface area contributed by atoms with E-state index >= 15 is 0 Å². The average molecular weight is 211 g/mol. The fourth-order valence-corrected chi connectivity index (χ4v) is 1.12. The second kappa shape index (κ2) is 5.46. The minimum atomic E-state index is -0.329. The van der Waals surface area contributed by atoms with Gasteiger partial charge in [-0.2, -0.15) is 0 Å². The molecular weight excluding hydrogens is 197 g/mol. The molecule has 1 N–H and O–H groups in total. The van der Waals surface area contributed by atoms with E-state index in [1.807, 2.05) is 0 Å². The monoisotopic (exact) mass is 211 g/mol. The second-order valence-corrected chi connectivity index (χ2v) is 3.10. The van der Waals surface area contributed by atoms with Crippen molar-refractivity contribution in [2.45, 2.75) is 13.8 Å². The van der Waals surface area contributed by atoms with Crippen molar-refractivity contribution in [1.29, 1.82) is 0 Å². The molecule has 82 valence electrons. The Morgan fingerprint density at radius 1 is 1.53 bits per heavy atom. The van der Waals surface area contributed by atoms with Crippen LogP contribution in [0, 0.1) is 12.7 Å². The van der Waals surface area contributed by atoms with Crippen molar-refractivity contribution in [3.63, 3.8) is 0 Å². The molecule has 1 aromatic rings. The molecule has 0 bridgehead atoms. The third-order valence-corrected chi connectivity index (χ3v) is 1.98. The Balaban J connectivity index is 2.64. The molecule has 0 aliphatic heterocycles. The Morgan fingerprint density at radius 2 is 2.27 bits per heavy atom. The zero-order valence-corrected chi connectivity index (χ0v) is 8.84. The Kier molecular flexibility index (Phi) is 4.24. The Bertz CT molecular complexity index is 352. The summed E-state index contributed by atoms with van der Waals surface area (Å²) in [6, 6.07) is 4.56. The maximum absolute atomic E-state index is 13.1. The van der Waals surface area contributed by atoms with Gasteiger partial charge < -0.3 is 10.1 Å². The summed E-state index contributed by atoms with van der Waals surface area (Å²) >= 11 is 0. The molecule has 0 unspecified atom stereocenters. The van der Waals surface area contributed by atoms with E-state index in [1.165, 1.54) is 6.07 Å². The van der Waals surface area contributed by atoms with Crippen LogP contribution in [-0.4, -0.2) is 19.1 Å². The minimum Gasteiger partial charge on any atom is -0.372 e. The Morgan fingerprint density at radius 3 is 2.93 bits per heavy atom. The van der Waals surface area contributed by atoms with E-state index < -0.39 is 0 Å². The number of anilines is 1. The highest BCUT2D eigenvalue weighted by atomic mass is 19.1. The number of amides is 1. The molecule has 15 heavy (non-hydrogen) atoms. The van der Waals surface area contributed by atoms with Crippen molar-refractivity contribution < 1.29 is 13.9 Å². The molecule has 1 aromatic carbocycles. The first-order valence-electron chi connectivity index (χ1n) is 4.78. The summed E-state index contributed by atoms with van der Waals surface area (Å²) in [7, 11) is 0. The van der Waals surface area contributed by atoms with Gasteiger partial charge in [0, 0.05) is 17.9 Å². The van der Waals surface area contributed by atoms with E-state index in [9.17, 15) is 9.18 Å². The quantitative estimate of drug-likeness (QED) is 0.828. The van der Waals surface area contributed by atoms with Crippen LogP contribution in [0.2, 0.25) is 0 Å². The highest BCUT2D eigenvalue weighted by Gasteiger charge is 2.06. The lowest BCUT2D eigenvalue weighted by molar-refractivity contribution is -0.120. The van der Waals surface area contributed by atoms with E-state index in [1.54, 1.807) is 26.0 Å². The number of ether oxygens (including phenoxy) is 1. The van der Waals surface area contributed by atoms with Gasteiger partial charge in [-0.3, -0.25) is 4.79 Å². The topological polar surface area (TPSA) is 38.3 Å². The normalized spacial score (nSPS) is 10.1. The molecule has 0 aliphatic rings. The first-order chi connectivity index (χ1) is 7.15. The maximum atomic E-state index is 13.1. The lowest BCUT2D eigenvalue weighted by atomic mass is 10.2. The molecule has 1 amide bonds. The molecule has 4 heteroatoms. The molecule has 0 fully saturated rings. The molecule has 0 saturated carbocycles. The number of benzene rings is 1. The van der Waals surface area contributed by atoms with Crippen molar-refractivity contribution in [2.24, 2.45) is 0 Å². The lowest BCUT2D eigenvalue weighted by Gasteiger charge is -2.08. The van der Waals surface area contributed by atoms with Crippen LogP contribution in [0.1, 0.15) is 12.5 Å². The first-order valence-corrected chi connectivity index (χ1v) is 4.78. The molecule has 1 rings (SSSR count). The molecule has 0 aliphatic carbocycles. The summed E-state index contributed by atoms with van der Waals surface area (Å²) in [6.07, 6.45) is 0. The molecule has 0 heterocycles. The number of carbonyl (C=O) groups excluding carboxylic acids is 1. The predicted octanol–water partition coefficient (Wildman–Crippen LogP) is 2.11. The zero-order valence-electron chi connectivity index (χ0n) is 8.84. The average Bonchev–Trinajstić information content (AvgIpc) is 2.22. The number of carbonyl (C=O) groups is 1. The molecule has 0 radical (unpaired) electrons. The molecule has 0 atom stereocenters. The molecule has 0 spiro atoms. The lowest BCUT2D eigenvalue weighted by Crippen LogP contribution is -2.18. The highest BCUT2D eigenvalue weighted by molar-refractivity contribution is 5.92. The Labute approximate surface area is 88.2 Å². The minimum absolute atomic E-state index is 0.00749. The number of hydrogen-bond donors (Lipinski definition) is 1. The zero-order chi connectivity index (χ0) is 11.3. The van der Waals surface area contributed by atoms with Crippen LogP contribution >= 0.6 is 0 Å². The van der Waals surface area contributed by atoms with Crippen LogP contribution < -0.4 is 5.32 Å².